The molecule has 1 unspecified atom stereocenters. The van der Waals surface area contributed by atoms with Gasteiger partial charge in [0.1, 0.15) is 18.1 Å². The van der Waals surface area contributed by atoms with Gasteiger partial charge in [0.2, 0.25) is 5.91 Å². The van der Waals surface area contributed by atoms with Crippen LogP contribution in [0.5, 0.6) is 0 Å². The maximum Gasteiger partial charge on any atom is 0.315 e. The van der Waals surface area contributed by atoms with Gasteiger partial charge in [-0.25, -0.2) is 9.37 Å². The Kier molecular flexibility index (Phi) is 7.87. The highest BCUT2D eigenvalue weighted by atomic mass is 19.1. The summed E-state index contributed by atoms with van der Waals surface area (Å²) in [7, 11) is 0. The fourth-order valence-corrected chi connectivity index (χ4v) is 4.68. The van der Waals surface area contributed by atoms with E-state index in [0.29, 0.717) is 11.4 Å². The molecule has 0 bridgehead atoms. The van der Waals surface area contributed by atoms with E-state index in [1.165, 1.54) is 12.1 Å². The summed E-state index contributed by atoms with van der Waals surface area (Å²) in [6, 6.07) is 25.9. The van der Waals surface area contributed by atoms with Gasteiger partial charge in [0.05, 0.1) is 18.0 Å². The van der Waals surface area contributed by atoms with Crippen LogP contribution in [0.15, 0.2) is 97.3 Å². The Labute approximate surface area is 231 Å². The van der Waals surface area contributed by atoms with Gasteiger partial charge in [-0.3, -0.25) is 9.59 Å². The Morgan fingerprint density at radius 3 is 2.58 bits per heavy atom. The second-order valence-corrected chi connectivity index (χ2v) is 9.34. The summed E-state index contributed by atoms with van der Waals surface area (Å²) in [6.45, 7) is 3.92. The highest BCUT2D eigenvalue weighted by Crippen LogP contribution is 2.34. The zero-order chi connectivity index (χ0) is 28.1. The number of hydrogen-bond donors (Lipinski definition) is 2. The summed E-state index contributed by atoms with van der Waals surface area (Å²) in [5.74, 6) is -0.610. The summed E-state index contributed by atoms with van der Waals surface area (Å²) in [6.07, 6.45) is 3.25. The molecule has 5 rings (SSSR count). The smallest absolute Gasteiger partial charge is 0.315 e. The van der Waals surface area contributed by atoms with E-state index >= 15 is 0 Å². The number of fused-ring (bicyclic) bond motifs is 1. The fourth-order valence-electron chi connectivity index (χ4n) is 4.68. The molecule has 1 heterocycles. The van der Waals surface area contributed by atoms with Crippen molar-refractivity contribution in [2.45, 2.75) is 26.2 Å². The van der Waals surface area contributed by atoms with E-state index in [0.717, 1.165) is 33.5 Å². The average Bonchev–Trinajstić information content (AvgIpc) is 3.44. The number of nitrogens with one attached hydrogen (secondary N) is 2. The van der Waals surface area contributed by atoms with E-state index < -0.39 is 11.9 Å². The van der Waals surface area contributed by atoms with Crippen molar-refractivity contribution < 1.29 is 18.7 Å². The van der Waals surface area contributed by atoms with Crippen LogP contribution in [0.3, 0.4) is 0 Å². The van der Waals surface area contributed by atoms with Crippen molar-refractivity contribution in [2.24, 2.45) is 0 Å². The number of carbonyl (C=O) groups excluding carboxylic acids is 2. The average molecular weight is 537 g/mol. The fraction of sp³-hybridized carbons (Fsp3) is 0.156. The van der Waals surface area contributed by atoms with Gasteiger partial charge in [-0.05, 0) is 60.3 Å². The van der Waals surface area contributed by atoms with E-state index in [4.69, 9.17) is 4.74 Å². The molecule has 8 heteroatoms. The first kappa shape index (κ1) is 26.6. The largest absolute Gasteiger partial charge is 0.466 e. The molecule has 2 N–H and O–H groups in total. The first-order valence-electron chi connectivity index (χ1n) is 13.1. The Morgan fingerprint density at radius 1 is 1.00 bits per heavy atom. The van der Waals surface area contributed by atoms with Gasteiger partial charge < -0.3 is 19.9 Å². The van der Waals surface area contributed by atoms with Crippen molar-refractivity contribution in [3.05, 3.63) is 115 Å². The predicted molar refractivity (Wildman–Crippen MR) is 155 cm³/mol. The third-order valence-electron chi connectivity index (χ3n) is 6.63. The number of rotatable bonds is 9. The Balaban J connectivity index is 1.40. The van der Waals surface area contributed by atoms with Crippen LogP contribution in [-0.4, -0.2) is 28.0 Å². The quantitative estimate of drug-likeness (QED) is 0.157. The van der Waals surface area contributed by atoms with Crippen molar-refractivity contribution in [3.8, 4) is 5.69 Å². The zero-order valence-corrected chi connectivity index (χ0v) is 22.2. The summed E-state index contributed by atoms with van der Waals surface area (Å²) < 4.78 is 20.7. The standard InChI is InChI=1S/C32H29FN4O3/c1-3-40-30(39)20-29(38)36-31-27-10-5-4-7-22(27)11-16-28(31)35-25-12-14-26(15-13-25)37-18-17-34-32(37)21(2)23-8-6-9-24(33)19-23/h4-19,21,35H,3,20H2,1-2H3,(H,36,38). The molecule has 0 saturated heterocycles. The van der Waals surface area contributed by atoms with Crippen molar-refractivity contribution in [2.75, 3.05) is 17.2 Å². The molecule has 0 saturated carbocycles. The maximum atomic E-state index is 13.8. The minimum absolute atomic E-state index is 0.109. The molecule has 0 aliphatic rings. The van der Waals surface area contributed by atoms with Crippen LogP contribution >= 0.6 is 0 Å². The molecule has 1 aromatic heterocycles. The Morgan fingerprint density at radius 2 is 1.80 bits per heavy atom. The van der Waals surface area contributed by atoms with Gasteiger partial charge in [-0.1, -0.05) is 49.4 Å². The van der Waals surface area contributed by atoms with Crippen molar-refractivity contribution >= 4 is 39.7 Å². The van der Waals surface area contributed by atoms with Gasteiger partial charge in [-0.2, -0.15) is 0 Å². The molecule has 1 amide bonds. The first-order valence-corrected chi connectivity index (χ1v) is 13.1. The van der Waals surface area contributed by atoms with Gasteiger partial charge in [0.25, 0.3) is 0 Å². The Hall–Kier alpha value is -4.98. The number of ether oxygens (including phenoxy) is 1. The zero-order valence-electron chi connectivity index (χ0n) is 22.2. The van der Waals surface area contributed by atoms with E-state index in [-0.39, 0.29) is 24.8 Å². The van der Waals surface area contributed by atoms with Crippen LogP contribution in [0.25, 0.3) is 16.5 Å². The number of hydrogen-bond acceptors (Lipinski definition) is 5. The molecule has 0 spiro atoms. The van der Waals surface area contributed by atoms with Gasteiger partial charge in [0, 0.05) is 35.1 Å². The van der Waals surface area contributed by atoms with Crippen LogP contribution in [-0.2, 0) is 14.3 Å². The summed E-state index contributed by atoms with van der Waals surface area (Å²) in [4.78, 5) is 29.1. The first-order chi connectivity index (χ1) is 19.4. The minimum Gasteiger partial charge on any atom is -0.466 e. The number of benzene rings is 4. The molecule has 0 radical (unpaired) electrons. The lowest BCUT2D eigenvalue weighted by molar-refractivity contribution is -0.145. The molecule has 7 nitrogen and oxygen atoms in total. The van der Waals surface area contributed by atoms with E-state index in [1.54, 1.807) is 19.2 Å². The number of halogens is 1. The molecule has 1 atom stereocenters. The van der Waals surface area contributed by atoms with Crippen molar-refractivity contribution in [1.29, 1.82) is 0 Å². The Bertz CT molecular complexity index is 1660. The van der Waals surface area contributed by atoms with Crippen molar-refractivity contribution in [1.82, 2.24) is 9.55 Å². The van der Waals surface area contributed by atoms with Gasteiger partial charge in [0.15, 0.2) is 0 Å². The molecule has 5 aromatic rings. The van der Waals surface area contributed by atoms with Crippen LogP contribution in [0.4, 0.5) is 21.5 Å². The number of amides is 1. The van der Waals surface area contributed by atoms with Crippen molar-refractivity contribution in [3.63, 3.8) is 0 Å². The SMILES string of the molecule is CCOC(=O)CC(=O)Nc1c(Nc2ccc(-n3ccnc3C(C)c3cccc(F)c3)cc2)ccc2ccccc12. The second-order valence-electron chi connectivity index (χ2n) is 9.34. The molecule has 40 heavy (non-hydrogen) atoms. The van der Waals surface area contributed by atoms with E-state index in [9.17, 15) is 14.0 Å². The molecule has 0 aliphatic carbocycles. The van der Waals surface area contributed by atoms with Gasteiger partial charge in [-0.15, -0.1) is 0 Å². The maximum absolute atomic E-state index is 13.8. The molecular formula is C32H29FN4O3. The molecule has 0 fully saturated rings. The number of imidazole rings is 1. The van der Waals surface area contributed by atoms with E-state index in [2.05, 4.69) is 15.6 Å². The van der Waals surface area contributed by atoms with Crippen LogP contribution in [0, 0.1) is 5.82 Å². The normalized spacial score (nSPS) is 11.7. The van der Waals surface area contributed by atoms with Crippen LogP contribution in [0.2, 0.25) is 0 Å². The summed E-state index contributed by atoms with van der Waals surface area (Å²) >= 11 is 0. The second kappa shape index (κ2) is 11.8. The van der Waals surface area contributed by atoms with E-state index in [1.807, 2.05) is 84.4 Å². The monoisotopic (exact) mass is 536 g/mol. The molecule has 0 aliphatic heterocycles. The highest BCUT2D eigenvalue weighted by molar-refractivity contribution is 6.10. The number of nitrogens with zero attached hydrogens (tertiary/aromatic N) is 2. The lowest BCUT2D eigenvalue weighted by atomic mass is 10.00. The number of carbonyl (C=O) groups is 2. The molecular weight excluding hydrogens is 507 g/mol. The highest BCUT2D eigenvalue weighted by Gasteiger charge is 2.17. The lowest BCUT2D eigenvalue weighted by Gasteiger charge is -2.17. The minimum atomic E-state index is -0.573. The lowest BCUT2D eigenvalue weighted by Crippen LogP contribution is -2.19. The number of aromatic nitrogens is 2. The summed E-state index contributed by atoms with van der Waals surface area (Å²) in [5, 5.41) is 8.08. The third kappa shape index (κ3) is 5.86. The van der Waals surface area contributed by atoms with Crippen LogP contribution in [0.1, 0.15) is 37.6 Å². The number of esters is 1. The summed E-state index contributed by atoms with van der Waals surface area (Å²) in [5.41, 5.74) is 3.83. The molecule has 202 valence electrons. The molecule has 4 aromatic carbocycles. The van der Waals surface area contributed by atoms with Gasteiger partial charge >= 0.3 is 5.97 Å². The third-order valence-corrected chi connectivity index (χ3v) is 6.63. The predicted octanol–water partition coefficient (Wildman–Crippen LogP) is 6.95. The number of anilines is 3. The topological polar surface area (TPSA) is 85.3 Å². The van der Waals surface area contributed by atoms with Crippen LogP contribution < -0.4 is 10.6 Å².